The fraction of sp³-hybridized carbons (Fsp3) is 0.426. The monoisotopic (exact) mass is 1640 g/mol. The summed E-state index contributed by atoms with van der Waals surface area (Å²) in [7, 11) is 9.67. The van der Waals surface area contributed by atoms with Gasteiger partial charge in [0.2, 0.25) is 0 Å². The summed E-state index contributed by atoms with van der Waals surface area (Å²) >= 11 is 18.3. The first kappa shape index (κ1) is 73.9. The van der Waals surface area contributed by atoms with E-state index in [1.807, 2.05) is 61.1 Å². The smallest absolute Gasteiger partial charge is 0.174 e. The Balaban J connectivity index is 0.0000000913. The zero-order valence-corrected chi connectivity index (χ0v) is 70.5. The summed E-state index contributed by atoms with van der Waals surface area (Å²) in [6.45, 7) is 7.86. The Labute approximate surface area is 710 Å². The number of hydrogen-bond donors (Lipinski definition) is 1. The Kier molecular flexibility index (Phi) is 16.9. The van der Waals surface area contributed by atoms with Crippen LogP contribution in [0.1, 0.15) is 154 Å². The van der Waals surface area contributed by atoms with Crippen LogP contribution in [0.15, 0.2) is 158 Å². The van der Waals surface area contributed by atoms with Crippen LogP contribution >= 0.6 is 34.8 Å². The van der Waals surface area contributed by atoms with Gasteiger partial charge in [-0.15, -0.1) is 0 Å². The molecule has 1 N–H and O–H groups in total. The van der Waals surface area contributed by atoms with Gasteiger partial charge in [0.1, 0.15) is 5.75 Å². The molecular formula is C101H98Cl3N7O8. The molecule has 18 heteroatoms. The number of rotatable bonds is 8. The minimum Gasteiger partial charge on any atom is -0.493 e. The van der Waals surface area contributed by atoms with Crippen LogP contribution in [0, 0.1) is 36.5 Å². The Hall–Kier alpha value is -9.03. The van der Waals surface area contributed by atoms with E-state index in [0.717, 1.165) is 185 Å². The average Bonchev–Trinajstić information content (AvgIpc) is 1.57. The van der Waals surface area contributed by atoms with Crippen LogP contribution in [0.5, 0.6) is 40.2 Å². The van der Waals surface area contributed by atoms with Crippen molar-refractivity contribution in [2.75, 3.05) is 68.1 Å². The summed E-state index contributed by atoms with van der Waals surface area (Å²) in [5.41, 5.74) is 26.9. The number of ether oxygens (including phenoxy) is 7. The SMILES string of the molecule is COc1ccc2c3c1O[C@H]1C(=O)CC[C@H]4C(C2)N(C)CC[C@]314.COc1ccc2c3c1O[C@H]1c4ncc(-c5ccc(Cl)cc5)cc4C[C@H]4C(C2)N(C)CC[C@]314.COc1ccc2c3c1O[C@H]1c4ncc(-c5ccc(Cl)cc5)cc4C[C@H]4C(C2)NCC[C@]314.Cc1ccc2c3c1O[C@H]1c4ncc(-c5ccc(Cl)cc5)cc4C[C@H]4C(C2)N(CC2CC2)CC[C@]314. The second kappa shape index (κ2) is 27.2. The second-order valence-corrected chi connectivity index (χ2v) is 38.9. The number of fused-ring (bicyclic) bond motifs is 6. The fourth-order valence-electron chi connectivity index (χ4n) is 27.2. The van der Waals surface area contributed by atoms with Gasteiger partial charge in [0, 0.05) is 131 Å². The zero-order valence-electron chi connectivity index (χ0n) is 68.2. The van der Waals surface area contributed by atoms with E-state index in [1.54, 1.807) is 26.9 Å². The Bertz CT molecular complexity index is 5900. The summed E-state index contributed by atoms with van der Waals surface area (Å²) in [5, 5.41) is 6.09. The third kappa shape index (κ3) is 10.6. The van der Waals surface area contributed by atoms with Crippen molar-refractivity contribution in [3.63, 3.8) is 0 Å². The molecule has 15 nitrogen and oxygen atoms in total. The third-order valence-electron chi connectivity index (χ3n) is 32.6. The van der Waals surface area contributed by atoms with E-state index in [-0.39, 0.29) is 51.9 Å². The maximum Gasteiger partial charge on any atom is 0.174 e. The highest BCUT2D eigenvalue weighted by Crippen LogP contribution is 2.71. The number of benzene rings is 7. The van der Waals surface area contributed by atoms with E-state index in [4.69, 9.17) is 82.9 Å². The van der Waals surface area contributed by atoms with Crippen molar-refractivity contribution in [1.29, 1.82) is 0 Å². The molecule has 119 heavy (non-hydrogen) atoms. The highest BCUT2D eigenvalue weighted by atomic mass is 35.5. The van der Waals surface area contributed by atoms with Crippen molar-refractivity contribution in [1.82, 2.24) is 35.0 Å². The number of Topliss-reactive ketones (excluding diaryl/α,β-unsaturated/α-hetero) is 1. The van der Waals surface area contributed by atoms with Crippen LogP contribution in [0.25, 0.3) is 33.4 Å². The van der Waals surface area contributed by atoms with E-state index >= 15 is 0 Å². The maximum atomic E-state index is 12.6. The van der Waals surface area contributed by atoms with Gasteiger partial charge in [-0.2, -0.15) is 0 Å². The number of aromatic nitrogens is 3. The van der Waals surface area contributed by atoms with Crippen molar-refractivity contribution >= 4 is 40.6 Å². The number of likely N-dealkylation sites (N-methyl/N-ethyl adjacent to an activating group) is 2. The molecule has 0 radical (unpaired) electrons. The summed E-state index contributed by atoms with van der Waals surface area (Å²) in [5.74, 6) is 9.76. The summed E-state index contributed by atoms with van der Waals surface area (Å²) in [4.78, 5) is 35.7. The molecule has 4 unspecified atom stereocenters. The first-order valence-corrected chi connectivity index (χ1v) is 44.8. The van der Waals surface area contributed by atoms with Crippen molar-refractivity contribution in [3.05, 3.63) is 257 Å². The lowest BCUT2D eigenvalue weighted by Gasteiger charge is -2.58. The third-order valence-corrected chi connectivity index (χ3v) is 33.3. The molecule has 17 aliphatic rings. The highest BCUT2D eigenvalue weighted by molar-refractivity contribution is 6.31. The summed E-state index contributed by atoms with van der Waals surface area (Å²) < 4.78 is 43.7. The van der Waals surface area contributed by atoms with Crippen LogP contribution < -0.4 is 38.5 Å². The molecule has 0 amide bonds. The van der Waals surface area contributed by atoms with Gasteiger partial charge < -0.3 is 48.3 Å². The molecule has 16 atom stereocenters. The van der Waals surface area contributed by atoms with Crippen molar-refractivity contribution < 1.29 is 38.0 Å². The number of nitrogens with one attached hydrogen (secondary N) is 1. The van der Waals surface area contributed by atoms with Crippen LogP contribution in [-0.2, 0) is 71.4 Å². The molecule has 3 aromatic heterocycles. The number of likely N-dealkylation sites (tertiary alicyclic amines) is 3. The van der Waals surface area contributed by atoms with E-state index < -0.39 is 0 Å². The number of halogens is 3. The number of nitrogens with zero attached hydrogens (tertiary/aromatic N) is 6. The molecule has 8 bridgehead atoms. The minimum atomic E-state index is -0.284. The number of pyridine rings is 3. The first-order valence-electron chi connectivity index (χ1n) is 43.6. The number of aryl methyl sites for hydroxylation is 1. The van der Waals surface area contributed by atoms with E-state index in [9.17, 15) is 4.79 Å². The van der Waals surface area contributed by atoms with Crippen LogP contribution in [0.4, 0.5) is 0 Å². The van der Waals surface area contributed by atoms with Gasteiger partial charge in [-0.05, 0) is 301 Å². The van der Waals surface area contributed by atoms with Crippen LogP contribution in [-0.4, -0.2) is 134 Å². The molecule has 8 aliphatic heterocycles. The number of carbonyl (C=O) groups is 1. The number of carbonyl (C=O) groups excluding carboxylic acids is 1. The van der Waals surface area contributed by atoms with E-state index in [0.29, 0.717) is 54.3 Å². The molecular weight excluding hydrogens is 1550 g/mol. The average molecular weight is 1640 g/mol. The largest absolute Gasteiger partial charge is 0.493 e. The van der Waals surface area contributed by atoms with E-state index in [1.165, 1.54) is 110 Å². The molecule has 7 aromatic carbocycles. The molecule has 4 saturated heterocycles. The quantitative estimate of drug-likeness (QED) is 0.154. The van der Waals surface area contributed by atoms with Crippen molar-refractivity contribution in [2.45, 2.75) is 173 Å². The fourth-order valence-corrected chi connectivity index (χ4v) is 27.6. The van der Waals surface area contributed by atoms with Gasteiger partial charge in [0.25, 0.3) is 0 Å². The molecule has 27 rings (SSSR count). The molecule has 11 heterocycles. The first-order chi connectivity index (χ1) is 58.1. The number of hydrogen-bond acceptors (Lipinski definition) is 15. The van der Waals surface area contributed by atoms with Gasteiger partial charge in [0.15, 0.2) is 64.7 Å². The Morgan fingerprint density at radius 2 is 0.815 bits per heavy atom. The van der Waals surface area contributed by atoms with Gasteiger partial charge in [-0.3, -0.25) is 24.6 Å². The van der Waals surface area contributed by atoms with E-state index in [2.05, 4.69) is 138 Å². The lowest BCUT2D eigenvalue weighted by Crippen LogP contribution is -2.65. The molecule has 4 spiro atoms. The lowest BCUT2D eigenvalue weighted by molar-refractivity contribution is -0.138. The van der Waals surface area contributed by atoms with Crippen molar-refractivity contribution in [2.24, 2.45) is 29.6 Å². The predicted molar refractivity (Wildman–Crippen MR) is 461 cm³/mol. The number of piperidine rings is 4. The highest BCUT2D eigenvalue weighted by Gasteiger charge is 2.70. The lowest BCUT2D eigenvalue weighted by atomic mass is 9.51. The van der Waals surface area contributed by atoms with Gasteiger partial charge in [-0.25, -0.2) is 0 Å². The summed E-state index contributed by atoms with van der Waals surface area (Å²) in [6, 6.07) is 50.8. The normalized spacial score (nSPS) is 31.2. The Morgan fingerprint density at radius 3 is 1.29 bits per heavy atom. The topological polar surface area (TPSA) is 142 Å². The van der Waals surface area contributed by atoms with Crippen LogP contribution in [0.3, 0.4) is 0 Å². The minimum absolute atomic E-state index is 0.00355. The predicted octanol–water partition coefficient (Wildman–Crippen LogP) is 18.3. The number of methoxy groups -OCH3 is 3. The standard InChI is InChI=1S/C30H29ClN2O.C27H25ClN2O2.C26H23ClN2O2.C18H21NO3/c1-17-2-5-20-14-25-24-13-21-12-22(19-6-8-23(31)9-7-19)15-32-27(21)29-30(24,26(20)28(17)34-29)10-11-33(25)16-18-3-4-18;1-30-10-9-27-20-12-17-11-18(15-3-6-19(28)7-4-15)14-29-24(17)26(27)32-25-22(31-2)8-5-16(23(25)27)13-21(20)30;1-30-21-7-4-15-12-20-19-11-16-10-17(14-2-5-18(27)6-3-14)13-29-23(16)25-26(19,8-9-28-20)22(15)24(21)31-25;1-19-8-7-18-11-4-5-13(20)17(18)22-16-14(21-2)6-3-10(15(16)18)9-12(11)19/h2,5-9,12,15,18,24-25,29H,3-4,10-11,13-14,16H2,1H3;3-8,11,14,20-21,26H,9-10,12-13H2,1-2H3;2-7,10,13,19-20,25,28H,8-9,11-12H2,1H3;3,6,11-12,17H,4-5,7-9H2,1-2H3/t24-,25?,29-,30-;20-,21?,26-,27-;19-,20?,25-,26-;11-,12?,17-,18-/m0000/s1. The number of ketones is 1. The second-order valence-electron chi connectivity index (χ2n) is 37.6. The molecule has 6 fully saturated rings. The zero-order chi connectivity index (χ0) is 80.0. The van der Waals surface area contributed by atoms with Crippen molar-refractivity contribution in [3.8, 4) is 73.6 Å². The van der Waals surface area contributed by atoms with Gasteiger partial charge in [0.05, 0.1) is 38.4 Å². The molecule has 10 aromatic rings. The summed E-state index contributed by atoms with van der Waals surface area (Å²) in [6.07, 6.45) is 22.1. The maximum absolute atomic E-state index is 12.6. The van der Waals surface area contributed by atoms with Gasteiger partial charge in [-0.1, -0.05) is 102 Å². The molecule has 9 aliphatic carbocycles. The van der Waals surface area contributed by atoms with Gasteiger partial charge >= 0.3 is 0 Å². The van der Waals surface area contributed by atoms with Crippen LogP contribution in [0.2, 0.25) is 15.1 Å². The molecule has 606 valence electrons. The Morgan fingerprint density at radius 1 is 0.420 bits per heavy atom. The molecule has 2 saturated carbocycles.